The summed E-state index contributed by atoms with van der Waals surface area (Å²) < 4.78 is 16.0. The van der Waals surface area contributed by atoms with Gasteiger partial charge in [-0.2, -0.15) is 0 Å². The van der Waals surface area contributed by atoms with Gasteiger partial charge in [0.1, 0.15) is 17.6 Å². The number of benzene rings is 3. The molecule has 11 heteroatoms. The van der Waals surface area contributed by atoms with Gasteiger partial charge in [-0.3, -0.25) is 23.7 Å². The monoisotopic (exact) mass is 637 g/mol. The second-order valence-corrected chi connectivity index (χ2v) is 12.6. The minimum atomic E-state index is -0.821. The van der Waals surface area contributed by atoms with E-state index in [4.69, 9.17) is 0 Å². The van der Waals surface area contributed by atoms with E-state index in [9.17, 15) is 23.6 Å². The van der Waals surface area contributed by atoms with Gasteiger partial charge in [-0.25, -0.2) is 9.29 Å². The zero-order valence-corrected chi connectivity index (χ0v) is 24.2. The molecule has 0 bridgehead atoms. The molecule has 3 aromatic carbocycles. The van der Waals surface area contributed by atoms with Crippen molar-refractivity contribution in [1.29, 1.82) is 0 Å². The smallest absolute Gasteiger partial charge is 0.308 e. The van der Waals surface area contributed by atoms with Gasteiger partial charge in [0.25, 0.3) is 0 Å². The molecule has 0 unspecified atom stereocenters. The van der Waals surface area contributed by atoms with Crippen LogP contribution in [0.1, 0.15) is 21.9 Å². The number of rotatable bonds is 5. The first-order valence-corrected chi connectivity index (χ1v) is 14.9. The maximum Gasteiger partial charge on any atom is 0.308 e. The lowest BCUT2D eigenvalue weighted by molar-refractivity contribution is -0.122. The van der Waals surface area contributed by atoms with Crippen molar-refractivity contribution in [2.45, 2.75) is 29.7 Å². The minimum Gasteiger partial charge on any atom is -0.324 e. The number of hydrogen-bond acceptors (Lipinski definition) is 6. The van der Waals surface area contributed by atoms with Crippen molar-refractivity contribution in [3.63, 3.8) is 0 Å². The van der Waals surface area contributed by atoms with E-state index in [1.165, 1.54) is 21.6 Å². The molecule has 4 aromatic rings. The number of thioether (sulfide) groups is 1. The van der Waals surface area contributed by atoms with Crippen LogP contribution in [0.25, 0.3) is 0 Å². The molecule has 1 N–H and O–H groups in total. The van der Waals surface area contributed by atoms with Crippen LogP contribution in [0.5, 0.6) is 0 Å². The largest absolute Gasteiger partial charge is 0.324 e. The predicted octanol–water partition coefficient (Wildman–Crippen LogP) is 5.55. The number of carbonyl (C=O) groups excluding carboxylic acids is 3. The Morgan fingerprint density at radius 2 is 1.68 bits per heavy atom. The molecule has 0 spiro atoms. The summed E-state index contributed by atoms with van der Waals surface area (Å²) in [5, 5.41) is 2.50. The van der Waals surface area contributed by atoms with E-state index in [1.807, 2.05) is 25.1 Å². The number of thiazole rings is 1. The predicted molar refractivity (Wildman–Crippen MR) is 156 cm³/mol. The first-order chi connectivity index (χ1) is 19.2. The van der Waals surface area contributed by atoms with Crippen molar-refractivity contribution in [3.8, 4) is 0 Å². The number of amides is 3. The second-order valence-electron chi connectivity index (χ2n) is 9.57. The van der Waals surface area contributed by atoms with E-state index < -0.39 is 28.8 Å². The van der Waals surface area contributed by atoms with Crippen LogP contribution in [-0.2, 0) is 20.9 Å². The fourth-order valence-corrected chi connectivity index (χ4v) is 8.21. The fourth-order valence-electron chi connectivity index (χ4n) is 5.18. The number of imide groups is 1. The van der Waals surface area contributed by atoms with E-state index in [0.717, 1.165) is 33.1 Å². The Balaban J connectivity index is 1.41. The van der Waals surface area contributed by atoms with Gasteiger partial charge >= 0.3 is 4.87 Å². The highest BCUT2D eigenvalue weighted by Crippen LogP contribution is 2.53. The molecule has 202 valence electrons. The van der Waals surface area contributed by atoms with Crippen LogP contribution in [0.2, 0.25) is 0 Å². The number of aromatic nitrogens is 1. The third-order valence-corrected chi connectivity index (χ3v) is 10.2. The average Bonchev–Trinajstić information content (AvgIpc) is 3.37. The molecule has 7 nitrogen and oxygen atoms in total. The number of nitrogens with zero attached hydrogens (tertiary/aromatic N) is 2. The maximum absolute atomic E-state index is 13.9. The lowest BCUT2D eigenvalue weighted by atomic mass is 9.83. The molecule has 3 atom stereocenters. The van der Waals surface area contributed by atoms with E-state index in [1.54, 1.807) is 42.5 Å². The van der Waals surface area contributed by atoms with Gasteiger partial charge < -0.3 is 5.32 Å². The molecule has 2 aliphatic heterocycles. The minimum absolute atomic E-state index is 0.252. The first-order valence-electron chi connectivity index (χ1n) is 12.4. The zero-order valence-electron chi connectivity index (χ0n) is 21.0. The summed E-state index contributed by atoms with van der Waals surface area (Å²) in [5.74, 6) is -3.05. The van der Waals surface area contributed by atoms with Crippen LogP contribution in [0.3, 0.4) is 0 Å². The van der Waals surface area contributed by atoms with Gasteiger partial charge in [0.2, 0.25) is 17.7 Å². The number of halogens is 2. The van der Waals surface area contributed by atoms with Gasteiger partial charge in [0.05, 0.1) is 16.6 Å². The topological polar surface area (TPSA) is 88.5 Å². The number of para-hydroxylation sites is 1. The zero-order chi connectivity index (χ0) is 28.1. The van der Waals surface area contributed by atoms with Crippen LogP contribution >= 0.6 is 39.0 Å². The number of carbonyl (C=O) groups is 3. The van der Waals surface area contributed by atoms with Crippen LogP contribution < -0.4 is 15.1 Å². The van der Waals surface area contributed by atoms with Crippen molar-refractivity contribution < 1.29 is 18.8 Å². The summed E-state index contributed by atoms with van der Waals surface area (Å²) in [6, 6.07) is 20.0. The summed E-state index contributed by atoms with van der Waals surface area (Å²) in [6.45, 7) is 1.62. The second kappa shape index (κ2) is 10.5. The number of nitrogens with one attached hydrogen (secondary N) is 1. The van der Waals surface area contributed by atoms with Crippen molar-refractivity contribution in [1.82, 2.24) is 4.57 Å². The van der Waals surface area contributed by atoms with E-state index in [-0.39, 0.29) is 23.2 Å². The SMILES string of the molecule is Cc1ccccc1NC(=O)Cn1c2c(sc1=O)[C@@H](c1ccc(F)cc1)[C@@H]1C(=O)N(c3ccc(Br)cc3)C(=O)[C@@H]1S2. The van der Waals surface area contributed by atoms with Crippen molar-refractivity contribution in [3.05, 3.63) is 109 Å². The Labute approximate surface area is 245 Å². The van der Waals surface area contributed by atoms with Gasteiger partial charge in [-0.05, 0) is 60.5 Å². The highest BCUT2D eigenvalue weighted by atomic mass is 79.9. The Bertz CT molecular complexity index is 1720. The molecule has 1 saturated heterocycles. The third-order valence-electron chi connectivity index (χ3n) is 7.08. The van der Waals surface area contributed by atoms with Crippen molar-refractivity contribution in [2.75, 3.05) is 10.2 Å². The molecular weight excluding hydrogens is 617 g/mol. The Hall–Kier alpha value is -3.54. The summed E-state index contributed by atoms with van der Waals surface area (Å²) in [4.78, 5) is 55.3. The summed E-state index contributed by atoms with van der Waals surface area (Å²) >= 11 is 5.47. The van der Waals surface area contributed by atoms with Crippen LogP contribution in [0, 0.1) is 18.7 Å². The highest BCUT2D eigenvalue weighted by molar-refractivity contribution is 9.10. The molecular formula is C29H21BrFN3O4S2. The van der Waals surface area contributed by atoms with E-state index in [0.29, 0.717) is 26.8 Å². The molecule has 2 aliphatic rings. The number of hydrogen-bond donors (Lipinski definition) is 1. The van der Waals surface area contributed by atoms with Crippen LogP contribution in [-0.4, -0.2) is 27.5 Å². The molecule has 3 heterocycles. The molecule has 6 rings (SSSR count). The lowest BCUT2D eigenvalue weighted by Gasteiger charge is -2.30. The highest BCUT2D eigenvalue weighted by Gasteiger charge is 2.56. The fraction of sp³-hybridized carbons (Fsp3) is 0.172. The molecule has 0 aliphatic carbocycles. The quantitative estimate of drug-likeness (QED) is 0.290. The Morgan fingerprint density at radius 3 is 2.38 bits per heavy atom. The summed E-state index contributed by atoms with van der Waals surface area (Å²) in [5.41, 5.74) is 2.59. The van der Waals surface area contributed by atoms with E-state index in [2.05, 4.69) is 21.2 Å². The third kappa shape index (κ3) is 4.61. The summed E-state index contributed by atoms with van der Waals surface area (Å²) in [6.07, 6.45) is 0. The molecule has 40 heavy (non-hydrogen) atoms. The maximum atomic E-state index is 13.9. The number of aryl methyl sites for hydroxylation is 1. The Morgan fingerprint density at radius 1 is 0.975 bits per heavy atom. The average molecular weight is 639 g/mol. The number of anilines is 2. The number of fused-ring (bicyclic) bond motifs is 2. The van der Waals surface area contributed by atoms with Gasteiger partial charge in [-0.15, -0.1) is 0 Å². The molecule has 1 aromatic heterocycles. The van der Waals surface area contributed by atoms with E-state index >= 15 is 0 Å². The van der Waals surface area contributed by atoms with Crippen LogP contribution in [0.15, 0.2) is 87.1 Å². The summed E-state index contributed by atoms with van der Waals surface area (Å²) in [7, 11) is 0. The molecule has 0 saturated carbocycles. The standard InChI is InChI=1S/C29H21BrFN3O4S2/c1-15-4-2-3-5-20(15)32-21(35)14-33-28-25(40-29(33)38)22(16-6-10-18(31)11-7-16)23-24(39-28)27(37)34(26(23)36)19-12-8-17(30)9-13-19/h2-13,22-24H,14H2,1H3,(H,32,35)/t22-,23-,24+/m0/s1. The first kappa shape index (κ1) is 26.7. The van der Waals surface area contributed by atoms with Gasteiger partial charge in [0.15, 0.2) is 0 Å². The van der Waals surface area contributed by atoms with Gasteiger partial charge in [0, 0.05) is 21.0 Å². The van der Waals surface area contributed by atoms with Crippen molar-refractivity contribution in [2.24, 2.45) is 5.92 Å². The van der Waals surface area contributed by atoms with Crippen molar-refractivity contribution >= 4 is 68.1 Å². The van der Waals surface area contributed by atoms with Gasteiger partial charge in [-0.1, -0.05) is 69.4 Å². The lowest BCUT2D eigenvalue weighted by Crippen LogP contribution is -2.33. The Kier molecular flexibility index (Phi) is 6.97. The normalized spacial score (nSPS) is 19.9. The molecule has 3 amide bonds. The molecule has 0 radical (unpaired) electrons. The van der Waals surface area contributed by atoms with Crippen LogP contribution in [0.4, 0.5) is 15.8 Å². The molecule has 1 fully saturated rings.